The van der Waals surface area contributed by atoms with Crippen molar-refractivity contribution in [3.8, 4) is 0 Å². The van der Waals surface area contributed by atoms with Gasteiger partial charge in [0.15, 0.2) is 0 Å². The third-order valence-corrected chi connectivity index (χ3v) is 4.56. The molecule has 2 aliphatic heterocycles. The van der Waals surface area contributed by atoms with E-state index in [9.17, 15) is 0 Å². The molecule has 6 heteroatoms. The normalized spacial score (nSPS) is 20.3. The predicted octanol–water partition coefficient (Wildman–Crippen LogP) is 1.13. The van der Waals surface area contributed by atoms with Crippen molar-refractivity contribution in [2.24, 2.45) is 0 Å². The van der Waals surface area contributed by atoms with Crippen LogP contribution < -0.4 is 15.5 Å². The number of hydrogen-bond donors (Lipinski definition) is 2. The van der Waals surface area contributed by atoms with Crippen molar-refractivity contribution in [3.63, 3.8) is 0 Å². The lowest BCUT2D eigenvalue weighted by atomic mass is 10.1. The number of hydrogen-bond acceptors (Lipinski definition) is 6. The van der Waals surface area contributed by atoms with Crippen LogP contribution >= 0.6 is 0 Å². The van der Waals surface area contributed by atoms with Gasteiger partial charge in [-0.05, 0) is 12.5 Å². The van der Waals surface area contributed by atoms with Crippen LogP contribution in [0.3, 0.4) is 0 Å². The summed E-state index contributed by atoms with van der Waals surface area (Å²) in [5.41, 5.74) is 1.12. The van der Waals surface area contributed by atoms with E-state index < -0.39 is 0 Å². The minimum atomic E-state index is 0.416. The van der Waals surface area contributed by atoms with Gasteiger partial charge in [-0.15, -0.1) is 0 Å². The highest BCUT2D eigenvalue weighted by Gasteiger charge is 2.21. The molecule has 0 atom stereocenters. The van der Waals surface area contributed by atoms with Gasteiger partial charge >= 0.3 is 0 Å². The summed E-state index contributed by atoms with van der Waals surface area (Å²) < 4.78 is 0. The van der Waals surface area contributed by atoms with Crippen molar-refractivity contribution in [2.45, 2.75) is 32.7 Å². The maximum atomic E-state index is 4.80. The quantitative estimate of drug-likeness (QED) is 0.850. The molecule has 1 aromatic heterocycles. The lowest BCUT2D eigenvalue weighted by Gasteiger charge is -2.34. The van der Waals surface area contributed by atoms with Crippen LogP contribution in [0.5, 0.6) is 0 Å². The second-order valence-corrected chi connectivity index (χ2v) is 6.55. The van der Waals surface area contributed by atoms with Gasteiger partial charge < -0.3 is 20.4 Å². The van der Waals surface area contributed by atoms with Gasteiger partial charge in [-0.1, -0.05) is 20.8 Å². The molecular weight excluding hydrogens is 276 g/mol. The molecule has 2 N–H and O–H groups in total. The molecular formula is C16H28N6. The van der Waals surface area contributed by atoms with E-state index in [2.05, 4.69) is 47.3 Å². The van der Waals surface area contributed by atoms with Crippen LogP contribution in [0.4, 0.5) is 11.8 Å². The Bertz CT molecular complexity index is 491. The summed E-state index contributed by atoms with van der Waals surface area (Å²) in [7, 11) is 0. The summed E-state index contributed by atoms with van der Waals surface area (Å²) in [6.45, 7) is 14.0. The van der Waals surface area contributed by atoms with E-state index in [-0.39, 0.29) is 0 Å². The number of rotatable bonds is 5. The van der Waals surface area contributed by atoms with Gasteiger partial charge in [0.1, 0.15) is 5.82 Å². The molecule has 22 heavy (non-hydrogen) atoms. The number of piperazine rings is 1. The van der Waals surface area contributed by atoms with E-state index >= 15 is 0 Å². The van der Waals surface area contributed by atoms with E-state index in [0.717, 1.165) is 63.3 Å². The maximum absolute atomic E-state index is 4.80. The predicted molar refractivity (Wildman–Crippen MR) is 90.7 cm³/mol. The summed E-state index contributed by atoms with van der Waals surface area (Å²) in [4.78, 5) is 14.4. The second-order valence-electron chi connectivity index (χ2n) is 6.55. The molecule has 6 nitrogen and oxygen atoms in total. The van der Waals surface area contributed by atoms with Crippen molar-refractivity contribution < 1.29 is 0 Å². The van der Waals surface area contributed by atoms with Crippen molar-refractivity contribution in [2.75, 3.05) is 56.0 Å². The lowest BCUT2D eigenvalue weighted by Crippen LogP contribution is -2.51. The summed E-state index contributed by atoms with van der Waals surface area (Å²) in [5.74, 6) is 2.27. The number of anilines is 2. The van der Waals surface area contributed by atoms with Crippen LogP contribution in [-0.4, -0.2) is 66.7 Å². The van der Waals surface area contributed by atoms with Crippen molar-refractivity contribution in [1.29, 1.82) is 0 Å². The Morgan fingerprint density at radius 3 is 2.50 bits per heavy atom. The molecule has 2 fully saturated rings. The highest BCUT2D eigenvalue weighted by Crippen LogP contribution is 2.21. The number of nitrogens with one attached hydrogen (secondary N) is 2. The molecule has 2 saturated heterocycles. The minimum absolute atomic E-state index is 0.416. The number of nitrogens with zero attached hydrogens (tertiary/aromatic N) is 4. The Morgan fingerprint density at radius 2 is 1.95 bits per heavy atom. The fourth-order valence-corrected chi connectivity index (χ4v) is 2.83. The van der Waals surface area contributed by atoms with E-state index in [1.165, 1.54) is 0 Å². The van der Waals surface area contributed by atoms with Crippen LogP contribution in [0.1, 0.15) is 32.4 Å². The average Bonchev–Trinajstić information content (AvgIpc) is 2.51. The highest BCUT2D eigenvalue weighted by atomic mass is 15.3. The number of likely N-dealkylation sites (N-methyl/N-ethyl adjacent to an activating group) is 1. The van der Waals surface area contributed by atoms with E-state index in [0.29, 0.717) is 12.0 Å². The van der Waals surface area contributed by atoms with Crippen molar-refractivity contribution in [3.05, 3.63) is 11.8 Å². The largest absolute Gasteiger partial charge is 0.365 e. The molecule has 0 radical (unpaired) electrons. The fourth-order valence-electron chi connectivity index (χ4n) is 2.83. The topological polar surface area (TPSA) is 56.3 Å². The third-order valence-electron chi connectivity index (χ3n) is 4.56. The summed E-state index contributed by atoms with van der Waals surface area (Å²) >= 11 is 0. The lowest BCUT2D eigenvalue weighted by molar-refractivity contribution is 0.270. The first-order chi connectivity index (χ1) is 10.7. The standard InChI is InChI=1S/C16H28N6/c1-4-21-5-7-22(8-6-21)16-19-14(12(2)3)9-15(20-16)18-13-10-17-11-13/h9,12-13,17H,4-8,10-11H2,1-3H3,(H,18,19,20). The van der Waals surface area contributed by atoms with E-state index in [4.69, 9.17) is 9.97 Å². The Labute approximate surface area is 133 Å². The van der Waals surface area contributed by atoms with Crippen molar-refractivity contribution >= 4 is 11.8 Å². The molecule has 0 amide bonds. The fraction of sp³-hybridized carbons (Fsp3) is 0.750. The van der Waals surface area contributed by atoms with Crippen molar-refractivity contribution in [1.82, 2.24) is 20.2 Å². The van der Waals surface area contributed by atoms with Gasteiger partial charge in [0.05, 0.1) is 11.7 Å². The zero-order valence-corrected chi connectivity index (χ0v) is 14.0. The molecule has 0 aromatic carbocycles. The van der Waals surface area contributed by atoms with Crippen LogP contribution in [0.25, 0.3) is 0 Å². The van der Waals surface area contributed by atoms with Gasteiger partial charge in [0.2, 0.25) is 5.95 Å². The molecule has 0 unspecified atom stereocenters. The molecule has 2 aliphatic rings. The van der Waals surface area contributed by atoms with Crippen LogP contribution in [-0.2, 0) is 0 Å². The van der Waals surface area contributed by atoms with Gasteiger partial charge in [-0.2, -0.15) is 4.98 Å². The maximum Gasteiger partial charge on any atom is 0.227 e. The SMILES string of the molecule is CCN1CCN(c2nc(NC3CNC3)cc(C(C)C)n2)CC1. The van der Waals surface area contributed by atoms with Crippen LogP contribution in [0, 0.1) is 0 Å². The van der Waals surface area contributed by atoms with Gasteiger partial charge in [0.25, 0.3) is 0 Å². The zero-order chi connectivity index (χ0) is 15.5. The van der Waals surface area contributed by atoms with Gasteiger partial charge in [-0.3, -0.25) is 0 Å². The Kier molecular flexibility index (Phi) is 4.78. The van der Waals surface area contributed by atoms with Gasteiger partial charge in [0, 0.05) is 45.3 Å². The highest BCUT2D eigenvalue weighted by molar-refractivity contribution is 5.46. The van der Waals surface area contributed by atoms with Gasteiger partial charge in [-0.25, -0.2) is 4.98 Å². The van der Waals surface area contributed by atoms with E-state index in [1.807, 2.05) is 0 Å². The first-order valence-electron chi connectivity index (χ1n) is 8.49. The minimum Gasteiger partial charge on any atom is -0.365 e. The Morgan fingerprint density at radius 1 is 1.23 bits per heavy atom. The molecule has 0 bridgehead atoms. The molecule has 0 aliphatic carbocycles. The summed E-state index contributed by atoms with van der Waals surface area (Å²) in [5, 5.41) is 6.81. The molecule has 0 saturated carbocycles. The molecule has 0 spiro atoms. The monoisotopic (exact) mass is 304 g/mol. The van der Waals surface area contributed by atoms with E-state index in [1.54, 1.807) is 0 Å². The summed E-state index contributed by atoms with van der Waals surface area (Å²) in [6.07, 6.45) is 0. The first-order valence-corrected chi connectivity index (χ1v) is 8.49. The smallest absolute Gasteiger partial charge is 0.227 e. The molecule has 3 rings (SSSR count). The Balaban J connectivity index is 1.76. The summed E-state index contributed by atoms with van der Waals surface area (Å²) in [6, 6.07) is 2.61. The Hall–Kier alpha value is -1.40. The van der Waals surface area contributed by atoms with Crippen LogP contribution in [0.2, 0.25) is 0 Å². The average molecular weight is 304 g/mol. The third kappa shape index (κ3) is 3.50. The van der Waals surface area contributed by atoms with Crippen LogP contribution in [0.15, 0.2) is 6.07 Å². The zero-order valence-electron chi connectivity index (χ0n) is 14.0. The molecule has 3 heterocycles. The second kappa shape index (κ2) is 6.79. The molecule has 1 aromatic rings. The first kappa shape index (κ1) is 15.5. The molecule has 122 valence electrons. The number of aromatic nitrogens is 2.